The Morgan fingerprint density at radius 2 is 1.50 bits per heavy atom. The summed E-state index contributed by atoms with van der Waals surface area (Å²) in [5.41, 5.74) is 3.01. The Bertz CT molecular complexity index is 596. The first-order chi connectivity index (χ1) is 11.6. The Hall–Kier alpha value is -1.90. The summed E-state index contributed by atoms with van der Waals surface area (Å²) in [6.07, 6.45) is 0.919. The fourth-order valence-electron chi connectivity index (χ4n) is 3.67. The van der Waals surface area contributed by atoms with Gasteiger partial charge in [0, 0.05) is 19.1 Å². The average Bonchev–Trinajstić information content (AvgIpc) is 2.62. The molecule has 0 spiro atoms. The molecule has 0 aliphatic heterocycles. The van der Waals surface area contributed by atoms with Crippen molar-refractivity contribution in [1.82, 2.24) is 5.32 Å². The lowest BCUT2D eigenvalue weighted by atomic mass is 9.72. The normalized spacial score (nSPS) is 14.2. The second-order valence-electron chi connectivity index (χ2n) is 6.52. The third kappa shape index (κ3) is 3.61. The highest BCUT2D eigenvalue weighted by Gasteiger charge is 2.43. The SMILES string of the molecule is C=C(C)CC(NC)C(C)C(OC)(c1ccccc1)c1ccccc1. The zero-order chi connectivity index (χ0) is 17.6. The maximum absolute atomic E-state index is 6.27. The van der Waals surface area contributed by atoms with Gasteiger partial charge in [-0.25, -0.2) is 0 Å². The average molecular weight is 323 g/mol. The highest BCUT2D eigenvalue weighted by Crippen LogP contribution is 2.42. The van der Waals surface area contributed by atoms with E-state index in [9.17, 15) is 0 Å². The van der Waals surface area contributed by atoms with Gasteiger partial charge in [0.15, 0.2) is 0 Å². The topological polar surface area (TPSA) is 21.3 Å². The molecule has 0 heterocycles. The molecule has 2 rings (SSSR count). The minimum absolute atomic E-state index is 0.217. The van der Waals surface area contributed by atoms with Crippen LogP contribution in [0.4, 0.5) is 0 Å². The van der Waals surface area contributed by atoms with Gasteiger partial charge in [-0.15, -0.1) is 6.58 Å². The molecule has 0 aliphatic rings. The number of nitrogens with one attached hydrogen (secondary N) is 1. The van der Waals surface area contributed by atoms with Crippen molar-refractivity contribution < 1.29 is 4.74 Å². The van der Waals surface area contributed by atoms with Gasteiger partial charge in [-0.2, -0.15) is 0 Å². The maximum Gasteiger partial charge on any atom is 0.122 e. The molecular formula is C22H29NO. The van der Waals surface area contributed by atoms with Crippen molar-refractivity contribution in [2.75, 3.05) is 14.2 Å². The molecule has 24 heavy (non-hydrogen) atoms. The van der Waals surface area contributed by atoms with Gasteiger partial charge in [0.05, 0.1) is 0 Å². The summed E-state index contributed by atoms with van der Waals surface area (Å²) in [6, 6.07) is 21.3. The number of benzene rings is 2. The van der Waals surface area contributed by atoms with Crippen LogP contribution in [0.3, 0.4) is 0 Å². The Morgan fingerprint density at radius 1 is 1.04 bits per heavy atom. The van der Waals surface area contributed by atoms with Gasteiger partial charge in [0.1, 0.15) is 5.60 Å². The molecule has 0 amide bonds. The Kier molecular flexibility index (Phi) is 6.36. The molecule has 0 aliphatic carbocycles. The summed E-state index contributed by atoms with van der Waals surface area (Å²) in [7, 11) is 3.82. The zero-order valence-corrected chi connectivity index (χ0v) is 15.3. The number of rotatable bonds is 8. The van der Waals surface area contributed by atoms with Crippen LogP contribution in [0.1, 0.15) is 31.4 Å². The van der Waals surface area contributed by atoms with Crippen LogP contribution in [0.25, 0.3) is 0 Å². The van der Waals surface area contributed by atoms with Crippen molar-refractivity contribution in [3.05, 3.63) is 83.9 Å². The standard InChI is InChI=1S/C22H29NO/c1-17(2)16-21(23-4)18(3)22(24-5,19-12-8-6-9-13-19)20-14-10-7-11-15-20/h6-15,18,21,23H,1,16H2,2-5H3. The molecule has 0 aromatic heterocycles. The van der Waals surface area contributed by atoms with Gasteiger partial charge in [-0.1, -0.05) is 73.2 Å². The number of hydrogen-bond donors (Lipinski definition) is 1. The lowest BCUT2D eigenvalue weighted by Gasteiger charge is -2.43. The van der Waals surface area contributed by atoms with Crippen molar-refractivity contribution in [3.8, 4) is 0 Å². The summed E-state index contributed by atoms with van der Waals surface area (Å²) in [6.45, 7) is 8.44. The predicted molar refractivity (Wildman–Crippen MR) is 102 cm³/mol. The van der Waals surface area contributed by atoms with E-state index in [1.807, 2.05) is 26.3 Å². The van der Waals surface area contributed by atoms with Gasteiger partial charge in [0.25, 0.3) is 0 Å². The maximum atomic E-state index is 6.27. The van der Waals surface area contributed by atoms with Crippen molar-refractivity contribution in [2.45, 2.75) is 31.9 Å². The van der Waals surface area contributed by atoms with Gasteiger partial charge in [-0.05, 0) is 31.5 Å². The number of ether oxygens (including phenoxy) is 1. The zero-order valence-electron chi connectivity index (χ0n) is 15.3. The highest BCUT2D eigenvalue weighted by molar-refractivity contribution is 5.38. The molecule has 0 saturated carbocycles. The number of methoxy groups -OCH3 is 1. The first-order valence-electron chi connectivity index (χ1n) is 8.54. The lowest BCUT2D eigenvalue weighted by molar-refractivity contribution is -0.0353. The van der Waals surface area contributed by atoms with Crippen LogP contribution in [-0.2, 0) is 10.3 Å². The van der Waals surface area contributed by atoms with E-state index in [1.54, 1.807) is 0 Å². The fourth-order valence-corrected chi connectivity index (χ4v) is 3.67. The molecule has 2 nitrogen and oxygen atoms in total. The first kappa shape index (κ1) is 18.4. The van der Waals surface area contributed by atoms with Gasteiger partial charge < -0.3 is 10.1 Å². The van der Waals surface area contributed by atoms with E-state index in [0.717, 1.165) is 6.42 Å². The van der Waals surface area contributed by atoms with Crippen molar-refractivity contribution in [3.63, 3.8) is 0 Å². The predicted octanol–water partition coefficient (Wildman–Crippen LogP) is 4.77. The van der Waals surface area contributed by atoms with Crippen molar-refractivity contribution in [1.29, 1.82) is 0 Å². The van der Waals surface area contributed by atoms with Crippen LogP contribution >= 0.6 is 0 Å². The minimum Gasteiger partial charge on any atom is -0.368 e. The van der Waals surface area contributed by atoms with Crippen molar-refractivity contribution in [2.24, 2.45) is 5.92 Å². The third-order valence-electron chi connectivity index (χ3n) is 4.91. The van der Waals surface area contributed by atoms with E-state index < -0.39 is 5.60 Å². The molecule has 0 fully saturated rings. The quantitative estimate of drug-likeness (QED) is 0.707. The second kappa shape index (κ2) is 8.27. The monoisotopic (exact) mass is 323 g/mol. The molecule has 2 atom stereocenters. The minimum atomic E-state index is -0.508. The molecular weight excluding hydrogens is 294 g/mol. The third-order valence-corrected chi connectivity index (χ3v) is 4.91. The molecule has 0 radical (unpaired) electrons. The van der Waals surface area contributed by atoms with Crippen LogP contribution in [0, 0.1) is 5.92 Å². The molecule has 2 aromatic rings. The lowest BCUT2D eigenvalue weighted by Crippen LogP contribution is -2.47. The van der Waals surface area contributed by atoms with E-state index in [0.29, 0.717) is 0 Å². The smallest absolute Gasteiger partial charge is 0.122 e. The Balaban J connectivity index is 2.60. The molecule has 0 saturated heterocycles. The summed E-state index contributed by atoms with van der Waals surface area (Å²) in [5.74, 6) is 0.217. The van der Waals surface area contributed by atoms with Gasteiger partial charge in [0.2, 0.25) is 0 Å². The highest BCUT2D eigenvalue weighted by atomic mass is 16.5. The van der Waals surface area contributed by atoms with Crippen LogP contribution in [0.15, 0.2) is 72.8 Å². The van der Waals surface area contributed by atoms with Crippen LogP contribution in [0.5, 0.6) is 0 Å². The Labute approximate surface area is 146 Å². The molecule has 1 N–H and O–H groups in total. The summed E-state index contributed by atoms with van der Waals surface area (Å²) < 4.78 is 6.27. The summed E-state index contributed by atoms with van der Waals surface area (Å²) >= 11 is 0. The van der Waals surface area contributed by atoms with E-state index >= 15 is 0 Å². The number of hydrogen-bond acceptors (Lipinski definition) is 2. The fraction of sp³-hybridized carbons (Fsp3) is 0.364. The van der Waals surface area contributed by atoms with Crippen molar-refractivity contribution >= 4 is 0 Å². The second-order valence-corrected chi connectivity index (χ2v) is 6.52. The largest absolute Gasteiger partial charge is 0.368 e. The molecule has 128 valence electrons. The molecule has 2 aromatic carbocycles. The van der Waals surface area contributed by atoms with Gasteiger partial charge in [-0.3, -0.25) is 0 Å². The molecule has 2 heteroatoms. The summed E-state index contributed by atoms with van der Waals surface area (Å²) in [5, 5.41) is 3.47. The first-order valence-corrected chi connectivity index (χ1v) is 8.54. The molecule has 2 unspecified atom stereocenters. The van der Waals surface area contributed by atoms with E-state index in [1.165, 1.54) is 16.7 Å². The van der Waals surface area contributed by atoms with E-state index in [2.05, 4.69) is 74.3 Å². The van der Waals surface area contributed by atoms with E-state index in [-0.39, 0.29) is 12.0 Å². The van der Waals surface area contributed by atoms with Gasteiger partial charge >= 0.3 is 0 Å². The molecule has 0 bridgehead atoms. The summed E-state index contributed by atoms with van der Waals surface area (Å²) in [4.78, 5) is 0. The van der Waals surface area contributed by atoms with E-state index in [4.69, 9.17) is 4.74 Å². The van der Waals surface area contributed by atoms with Crippen LogP contribution in [-0.4, -0.2) is 20.2 Å². The van der Waals surface area contributed by atoms with Crippen LogP contribution < -0.4 is 5.32 Å². The Morgan fingerprint density at radius 3 is 1.83 bits per heavy atom. The van der Waals surface area contributed by atoms with Crippen LogP contribution in [0.2, 0.25) is 0 Å².